The van der Waals surface area contributed by atoms with Crippen molar-refractivity contribution in [1.82, 2.24) is 19.9 Å². The summed E-state index contributed by atoms with van der Waals surface area (Å²) < 4.78 is 5.64. The molecule has 0 aliphatic rings. The number of hydrogen-bond donors (Lipinski definition) is 2. The smallest absolute Gasteiger partial charge is 0.319 e. The van der Waals surface area contributed by atoms with Crippen molar-refractivity contribution >= 4 is 28.5 Å². The highest BCUT2D eigenvalue weighted by atomic mass is 35.5. The molecule has 0 atom stereocenters. The van der Waals surface area contributed by atoms with Gasteiger partial charge in [0.1, 0.15) is 16.8 Å². The van der Waals surface area contributed by atoms with Gasteiger partial charge in [0.15, 0.2) is 0 Å². The summed E-state index contributed by atoms with van der Waals surface area (Å²) in [6.07, 6.45) is 3.34. The summed E-state index contributed by atoms with van der Waals surface area (Å²) in [4.78, 5) is 16.4. The van der Waals surface area contributed by atoms with Crippen LogP contribution in [0.2, 0.25) is 5.15 Å². The van der Waals surface area contributed by atoms with E-state index < -0.39 is 0 Å². The Balaban J connectivity index is 1.56. The first-order valence-electron chi connectivity index (χ1n) is 8.12. The largest absolute Gasteiger partial charge is 0.463 e. The van der Waals surface area contributed by atoms with Crippen LogP contribution in [0.25, 0.3) is 11.0 Å². The molecule has 0 radical (unpaired) electrons. The quantitative estimate of drug-likeness (QED) is 0.363. The lowest BCUT2D eigenvalue weighted by Crippen LogP contribution is -2.08. The van der Waals surface area contributed by atoms with Gasteiger partial charge < -0.3 is 15.0 Å². The molecule has 0 saturated carbocycles. The summed E-state index contributed by atoms with van der Waals surface area (Å²) in [5.41, 5.74) is 2.81. The van der Waals surface area contributed by atoms with Crippen LogP contribution in [0.5, 0.6) is 6.01 Å². The third-order valence-electron chi connectivity index (χ3n) is 3.71. The van der Waals surface area contributed by atoms with E-state index in [1.807, 2.05) is 31.2 Å². The molecule has 130 valence electrons. The second-order valence-electron chi connectivity index (χ2n) is 5.59. The number of anilines is 1. The third kappa shape index (κ3) is 4.28. The van der Waals surface area contributed by atoms with Crippen LogP contribution in [0.3, 0.4) is 0 Å². The molecule has 25 heavy (non-hydrogen) atoms. The van der Waals surface area contributed by atoms with E-state index in [1.54, 1.807) is 6.08 Å². The Hall–Kier alpha value is -2.60. The molecular weight excluding hydrogens is 338 g/mol. The van der Waals surface area contributed by atoms with E-state index in [0.29, 0.717) is 24.1 Å². The van der Waals surface area contributed by atoms with Crippen LogP contribution in [0.1, 0.15) is 17.8 Å². The number of nitrogens with one attached hydrogen (secondary N) is 2. The molecule has 0 fully saturated rings. The molecule has 0 saturated heterocycles. The second kappa shape index (κ2) is 7.98. The van der Waals surface area contributed by atoms with Crippen molar-refractivity contribution in [3.8, 4) is 6.01 Å². The lowest BCUT2D eigenvalue weighted by atomic mass is 10.3. The molecule has 0 aliphatic carbocycles. The Bertz CT molecular complexity index is 844. The number of benzene rings is 1. The van der Waals surface area contributed by atoms with Gasteiger partial charge in [-0.1, -0.05) is 29.8 Å². The number of aryl methyl sites for hydroxylation is 1. The number of aromatic amines is 1. The Kier molecular flexibility index (Phi) is 5.50. The maximum Gasteiger partial charge on any atom is 0.319 e. The van der Waals surface area contributed by atoms with Crippen molar-refractivity contribution in [3.05, 3.63) is 53.5 Å². The number of fused-ring (bicyclic) bond motifs is 1. The number of para-hydroxylation sites is 2. The van der Waals surface area contributed by atoms with Gasteiger partial charge in [0.2, 0.25) is 0 Å². The van der Waals surface area contributed by atoms with Crippen LogP contribution < -0.4 is 10.1 Å². The van der Waals surface area contributed by atoms with Gasteiger partial charge in [-0.2, -0.15) is 9.97 Å². The van der Waals surface area contributed by atoms with Crippen LogP contribution in [-0.4, -0.2) is 33.1 Å². The minimum absolute atomic E-state index is 0.270. The van der Waals surface area contributed by atoms with Gasteiger partial charge in [0, 0.05) is 18.5 Å². The van der Waals surface area contributed by atoms with Gasteiger partial charge in [0.25, 0.3) is 0 Å². The van der Waals surface area contributed by atoms with Crippen LogP contribution in [0.4, 0.5) is 5.82 Å². The van der Waals surface area contributed by atoms with Crippen LogP contribution >= 0.6 is 11.6 Å². The topological polar surface area (TPSA) is 75.7 Å². The van der Waals surface area contributed by atoms with E-state index in [2.05, 4.69) is 31.8 Å². The van der Waals surface area contributed by atoms with E-state index in [0.717, 1.165) is 35.3 Å². The number of hydrogen-bond acceptors (Lipinski definition) is 5. The summed E-state index contributed by atoms with van der Waals surface area (Å²) in [5, 5.41) is 3.51. The minimum Gasteiger partial charge on any atom is -0.463 e. The number of halogens is 1. The number of H-pyrrole nitrogens is 1. The highest BCUT2D eigenvalue weighted by molar-refractivity contribution is 6.30. The van der Waals surface area contributed by atoms with Crippen molar-refractivity contribution < 1.29 is 4.74 Å². The lowest BCUT2D eigenvalue weighted by Gasteiger charge is -2.10. The molecular formula is C18H20ClN5O. The van der Waals surface area contributed by atoms with Gasteiger partial charge in [-0.15, -0.1) is 6.58 Å². The Morgan fingerprint density at radius 1 is 1.28 bits per heavy atom. The summed E-state index contributed by atoms with van der Waals surface area (Å²) in [5.74, 6) is 1.60. The zero-order valence-corrected chi connectivity index (χ0v) is 14.8. The summed E-state index contributed by atoms with van der Waals surface area (Å²) >= 11 is 6.14. The van der Waals surface area contributed by atoms with Crippen LogP contribution in [-0.2, 0) is 6.42 Å². The first-order chi connectivity index (χ1) is 12.2. The van der Waals surface area contributed by atoms with Crippen molar-refractivity contribution in [2.24, 2.45) is 0 Å². The average Bonchev–Trinajstić information content (AvgIpc) is 3.03. The zero-order valence-electron chi connectivity index (χ0n) is 14.1. The highest BCUT2D eigenvalue weighted by Gasteiger charge is 2.10. The molecule has 7 heteroatoms. The minimum atomic E-state index is 0.270. The monoisotopic (exact) mass is 357 g/mol. The molecule has 3 rings (SSSR count). The number of rotatable bonds is 8. The molecule has 2 heterocycles. The molecule has 0 bridgehead atoms. The molecule has 0 amide bonds. The second-order valence-corrected chi connectivity index (χ2v) is 5.95. The Morgan fingerprint density at radius 2 is 2.12 bits per heavy atom. The normalized spacial score (nSPS) is 10.8. The summed E-state index contributed by atoms with van der Waals surface area (Å²) in [6.45, 7) is 6.62. The van der Waals surface area contributed by atoms with Gasteiger partial charge >= 0.3 is 6.01 Å². The third-order valence-corrected chi connectivity index (χ3v) is 4.08. The average molecular weight is 358 g/mol. The van der Waals surface area contributed by atoms with Crippen molar-refractivity contribution in [2.45, 2.75) is 19.8 Å². The molecule has 0 unspecified atom stereocenters. The molecule has 2 N–H and O–H groups in total. The lowest BCUT2D eigenvalue weighted by molar-refractivity contribution is 0.286. The fraction of sp³-hybridized carbons (Fsp3) is 0.278. The first kappa shape index (κ1) is 17.2. The maximum absolute atomic E-state index is 6.14. The van der Waals surface area contributed by atoms with Crippen molar-refractivity contribution in [2.75, 3.05) is 18.5 Å². The summed E-state index contributed by atoms with van der Waals surface area (Å²) in [7, 11) is 0. The predicted octanol–water partition coefficient (Wildman–Crippen LogP) is 3.92. The Morgan fingerprint density at radius 3 is 2.92 bits per heavy atom. The molecule has 0 spiro atoms. The van der Waals surface area contributed by atoms with E-state index >= 15 is 0 Å². The van der Waals surface area contributed by atoms with Gasteiger partial charge in [-0.25, -0.2) is 4.98 Å². The van der Waals surface area contributed by atoms with E-state index in [9.17, 15) is 0 Å². The molecule has 1 aromatic carbocycles. The molecule has 0 aliphatic heterocycles. The predicted molar refractivity (Wildman–Crippen MR) is 100 cm³/mol. The van der Waals surface area contributed by atoms with Crippen molar-refractivity contribution in [1.29, 1.82) is 0 Å². The number of ether oxygens (including phenoxy) is 1. The zero-order chi connectivity index (χ0) is 17.6. The first-order valence-corrected chi connectivity index (χ1v) is 8.50. The van der Waals surface area contributed by atoms with Crippen molar-refractivity contribution in [3.63, 3.8) is 0 Å². The molecule has 3 aromatic rings. The van der Waals surface area contributed by atoms with Gasteiger partial charge in [-0.3, -0.25) is 0 Å². The van der Waals surface area contributed by atoms with Crippen LogP contribution in [0.15, 0.2) is 36.9 Å². The fourth-order valence-electron chi connectivity index (χ4n) is 2.40. The number of aromatic nitrogens is 4. The Labute approximate surface area is 151 Å². The molecule has 2 aromatic heterocycles. The number of imidazole rings is 1. The molecule has 6 nitrogen and oxygen atoms in total. The highest BCUT2D eigenvalue weighted by Crippen LogP contribution is 2.22. The summed E-state index contributed by atoms with van der Waals surface area (Å²) in [6, 6.07) is 8.25. The standard InChI is InChI=1S/C18H20ClN5O/c1-3-10-20-17-12(2)16(19)23-18(24-17)25-11-6-9-15-21-13-7-4-5-8-14(13)22-15/h3-5,7-8H,1,6,9-11H2,2H3,(H,21,22)(H,20,23,24). The maximum atomic E-state index is 6.14. The van der Waals surface area contributed by atoms with E-state index in [4.69, 9.17) is 16.3 Å². The van der Waals surface area contributed by atoms with Crippen LogP contribution in [0, 0.1) is 6.92 Å². The SMILES string of the molecule is C=CCNc1nc(OCCCc2nc3ccccc3[nH]2)nc(Cl)c1C. The van der Waals surface area contributed by atoms with Gasteiger partial charge in [-0.05, 0) is 25.5 Å². The number of nitrogens with zero attached hydrogens (tertiary/aromatic N) is 3. The van der Waals surface area contributed by atoms with E-state index in [1.165, 1.54) is 0 Å². The van der Waals surface area contributed by atoms with E-state index in [-0.39, 0.29) is 6.01 Å². The fourth-order valence-corrected chi connectivity index (χ4v) is 2.56. The van der Waals surface area contributed by atoms with Gasteiger partial charge in [0.05, 0.1) is 17.6 Å².